The number of carbonyl (C=O) groups excluding carboxylic acids is 2. The average molecular weight is 426 g/mol. The van der Waals surface area contributed by atoms with Crippen LogP contribution in [0.4, 0.5) is 23.1 Å². The van der Waals surface area contributed by atoms with Crippen molar-refractivity contribution in [2.24, 2.45) is 0 Å². The van der Waals surface area contributed by atoms with Gasteiger partial charge in [-0.2, -0.15) is 13.2 Å². The molecule has 3 rings (SSSR count). The first-order valence-electron chi connectivity index (χ1n) is 9.05. The smallest absolute Gasteiger partial charge is 0.347 e. The zero-order valence-corrected chi connectivity index (χ0v) is 16.8. The average Bonchev–Trinajstić information content (AvgIpc) is 3.09. The van der Waals surface area contributed by atoms with Gasteiger partial charge in [-0.15, -0.1) is 11.3 Å². The molecule has 10 heteroatoms. The Morgan fingerprint density at radius 3 is 2.52 bits per heavy atom. The van der Waals surface area contributed by atoms with E-state index in [1.54, 1.807) is 24.1 Å². The Hall–Kier alpha value is -2.62. The summed E-state index contributed by atoms with van der Waals surface area (Å²) >= 11 is 1.29. The highest BCUT2D eigenvalue weighted by Crippen LogP contribution is 2.31. The number of urea groups is 1. The van der Waals surface area contributed by atoms with Crippen molar-refractivity contribution >= 4 is 28.4 Å². The maximum absolute atomic E-state index is 12.7. The SMILES string of the molecule is CC(C)(NC(=O)Cc1csc(N2CCCNC2=O)n1)c1ccc(C(F)(F)F)cc1. The van der Waals surface area contributed by atoms with Crippen LogP contribution >= 0.6 is 11.3 Å². The number of halogens is 3. The number of hydrogen-bond acceptors (Lipinski definition) is 4. The third kappa shape index (κ3) is 5.06. The van der Waals surface area contributed by atoms with Crippen LogP contribution in [0.2, 0.25) is 0 Å². The Labute approximate surface area is 170 Å². The molecule has 1 aromatic heterocycles. The van der Waals surface area contributed by atoms with Gasteiger partial charge in [0.2, 0.25) is 5.91 Å². The Balaban J connectivity index is 1.63. The van der Waals surface area contributed by atoms with Crippen molar-refractivity contribution in [2.45, 2.75) is 38.4 Å². The van der Waals surface area contributed by atoms with E-state index in [-0.39, 0.29) is 18.4 Å². The maximum Gasteiger partial charge on any atom is 0.416 e. The third-order valence-corrected chi connectivity index (χ3v) is 5.49. The normalized spacial score (nSPS) is 15.2. The molecule has 2 N–H and O–H groups in total. The van der Waals surface area contributed by atoms with Gasteiger partial charge in [0.05, 0.1) is 23.2 Å². The molecule has 0 spiro atoms. The van der Waals surface area contributed by atoms with E-state index in [9.17, 15) is 22.8 Å². The first kappa shape index (κ1) is 21.1. The van der Waals surface area contributed by atoms with Gasteiger partial charge in [0, 0.05) is 18.5 Å². The molecule has 0 aliphatic carbocycles. The number of anilines is 1. The topological polar surface area (TPSA) is 74.3 Å². The summed E-state index contributed by atoms with van der Waals surface area (Å²) in [5, 5.41) is 7.83. The van der Waals surface area contributed by atoms with Crippen molar-refractivity contribution in [3.05, 3.63) is 46.5 Å². The maximum atomic E-state index is 12.7. The fourth-order valence-corrected chi connectivity index (χ4v) is 3.87. The minimum atomic E-state index is -4.40. The van der Waals surface area contributed by atoms with E-state index in [4.69, 9.17) is 0 Å². The van der Waals surface area contributed by atoms with Gasteiger partial charge in [-0.05, 0) is 38.0 Å². The van der Waals surface area contributed by atoms with Crippen molar-refractivity contribution in [3.63, 3.8) is 0 Å². The van der Waals surface area contributed by atoms with Crippen LogP contribution in [0.3, 0.4) is 0 Å². The van der Waals surface area contributed by atoms with E-state index in [0.717, 1.165) is 18.6 Å². The Morgan fingerprint density at radius 2 is 1.90 bits per heavy atom. The summed E-state index contributed by atoms with van der Waals surface area (Å²) in [5.74, 6) is -0.310. The molecule has 1 fully saturated rings. The van der Waals surface area contributed by atoms with Crippen molar-refractivity contribution in [2.75, 3.05) is 18.0 Å². The highest BCUT2D eigenvalue weighted by Gasteiger charge is 2.31. The Bertz CT molecular complexity index is 894. The quantitative estimate of drug-likeness (QED) is 0.766. The fourth-order valence-electron chi connectivity index (χ4n) is 3.02. The van der Waals surface area contributed by atoms with Crippen LogP contribution in [0.5, 0.6) is 0 Å². The van der Waals surface area contributed by atoms with Gasteiger partial charge < -0.3 is 10.6 Å². The molecule has 2 heterocycles. The number of thiazole rings is 1. The number of alkyl halides is 3. The molecule has 6 nitrogen and oxygen atoms in total. The van der Waals surface area contributed by atoms with Crippen LogP contribution in [-0.4, -0.2) is 30.0 Å². The first-order valence-corrected chi connectivity index (χ1v) is 9.93. The molecule has 1 saturated heterocycles. The number of amides is 3. The summed E-state index contributed by atoms with van der Waals surface area (Å²) in [7, 11) is 0. The molecule has 0 radical (unpaired) electrons. The minimum Gasteiger partial charge on any atom is -0.347 e. The molecule has 0 bridgehead atoms. The minimum absolute atomic E-state index is 0.00994. The molecular weight excluding hydrogens is 405 g/mol. The van der Waals surface area contributed by atoms with Gasteiger partial charge in [-0.25, -0.2) is 9.78 Å². The second-order valence-electron chi connectivity index (χ2n) is 7.28. The summed E-state index contributed by atoms with van der Waals surface area (Å²) in [6.45, 7) is 4.65. The summed E-state index contributed by atoms with van der Waals surface area (Å²) in [6, 6.07) is 4.52. The lowest BCUT2D eigenvalue weighted by molar-refractivity contribution is -0.137. The Morgan fingerprint density at radius 1 is 1.24 bits per heavy atom. The number of hydrogen-bond donors (Lipinski definition) is 2. The number of nitrogens with one attached hydrogen (secondary N) is 2. The van der Waals surface area contributed by atoms with Crippen molar-refractivity contribution in [3.8, 4) is 0 Å². The summed E-state index contributed by atoms with van der Waals surface area (Å²) in [5.41, 5.74) is -0.501. The largest absolute Gasteiger partial charge is 0.416 e. The molecule has 156 valence electrons. The molecule has 0 atom stereocenters. The third-order valence-electron chi connectivity index (χ3n) is 4.58. The van der Waals surface area contributed by atoms with Crippen LogP contribution in [-0.2, 0) is 22.9 Å². The van der Waals surface area contributed by atoms with Gasteiger partial charge >= 0.3 is 12.2 Å². The number of nitrogens with zero attached hydrogens (tertiary/aromatic N) is 2. The molecule has 2 aromatic rings. The lowest BCUT2D eigenvalue weighted by Gasteiger charge is -2.27. The summed E-state index contributed by atoms with van der Waals surface area (Å²) in [6.07, 6.45) is -3.57. The lowest BCUT2D eigenvalue weighted by atomic mass is 9.93. The van der Waals surface area contributed by atoms with E-state index in [2.05, 4.69) is 15.6 Å². The van der Waals surface area contributed by atoms with Crippen LogP contribution in [0.25, 0.3) is 0 Å². The van der Waals surface area contributed by atoms with Crippen molar-refractivity contribution in [1.29, 1.82) is 0 Å². The van der Waals surface area contributed by atoms with E-state index in [0.29, 0.717) is 29.5 Å². The lowest BCUT2D eigenvalue weighted by Crippen LogP contribution is -2.46. The highest BCUT2D eigenvalue weighted by atomic mass is 32.1. The number of carbonyl (C=O) groups is 2. The summed E-state index contributed by atoms with van der Waals surface area (Å²) < 4.78 is 38.2. The number of aromatic nitrogens is 1. The second kappa shape index (κ2) is 8.02. The fraction of sp³-hybridized carbons (Fsp3) is 0.421. The second-order valence-corrected chi connectivity index (χ2v) is 8.12. The van der Waals surface area contributed by atoms with Crippen molar-refractivity contribution < 1.29 is 22.8 Å². The molecule has 0 unspecified atom stereocenters. The van der Waals surface area contributed by atoms with E-state index in [1.165, 1.54) is 23.5 Å². The predicted molar refractivity (Wildman–Crippen MR) is 104 cm³/mol. The Kier molecular flexibility index (Phi) is 5.83. The molecule has 0 saturated carbocycles. The van der Waals surface area contributed by atoms with Gasteiger partial charge in [-0.1, -0.05) is 12.1 Å². The van der Waals surface area contributed by atoms with Gasteiger partial charge in [0.15, 0.2) is 5.13 Å². The van der Waals surface area contributed by atoms with Crippen molar-refractivity contribution in [1.82, 2.24) is 15.6 Å². The highest BCUT2D eigenvalue weighted by molar-refractivity contribution is 7.14. The van der Waals surface area contributed by atoms with Crippen LogP contribution in [0.15, 0.2) is 29.6 Å². The van der Waals surface area contributed by atoms with Crippen LogP contribution in [0, 0.1) is 0 Å². The summed E-state index contributed by atoms with van der Waals surface area (Å²) in [4.78, 5) is 30.3. The number of rotatable bonds is 5. The monoisotopic (exact) mass is 426 g/mol. The molecular formula is C19H21F3N4O2S. The van der Waals surface area contributed by atoms with Gasteiger partial charge in [0.25, 0.3) is 0 Å². The van der Waals surface area contributed by atoms with Gasteiger partial charge in [-0.3, -0.25) is 9.69 Å². The molecule has 1 aromatic carbocycles. The molecule has 29 heavy (non-hydrogen) atoms. The zero-order chi connectivity index (χ0) is 21.2. The van der Waals surface area contributed by atoms with E-state index >= 15 is 0 Å². The standard InChI is InChI=1S/C19H21F3N4O2S/c1-18(2,12-4-6-13(7-5-12)19(20,21)22)25-15(27)10-14-11-29-17(24-14)26-9-3-8-23-16(26)28/h4-7,11H,3,8-10H2,1-2H3,(H,23,28)(H,25,27). The molecule has 3 amide bonds. The first-order chi connectivity index (χ1) is 13.6. The predicted octanol–water partition coefficient (Wildman–Crippen LogP) is 3.68. The number of benzene rings is 1. The van der Waals surface area contributed by atoms with E-state index in [1.807, 2.05) is 0 Å². The molecule has 1 aliphatic heterocycles. The van der Waals surface area contributed by atoms with Crippen LogP contribution < -0.4 is 15.5 Å². The van der Waals surface area contributed by atoms with Crippen LogP contribution in [0.1, 0.15) is 37.1 Å². The van der Waals surface area contributed by atoms with Gasteiger partial charge in [0.1, 0.15) is 0 Å². The van der Waals surface area contributed by atoms with E-state index < -0.39 is 17.3 Å². The zero-order valence-electron chi connectivity index (χ0n) is 16.0. The molecule has 1 aliphatic rings.